The molecule has 5 heteroatoms. The van der Waals surface area contributed by atoms with Gasteiger partial charge in [0.2, 0.25) is 0 Å². The van der Waals surface area contributed by atoms with E-state index in [1.807, 2.05) is 36.4 Å². The summed E-state index contributed by atoms with van der Waals surface area (Å²) in [4.78, 5) is 4.86. The number of fused-ring (bicyclic) bond motifs is 10. The smallest absolute Gasteiger partial charge is 0.307 e. The first-order valence-corrected chi connectivity index (χ1v) is 16.1. The number of benzene rings is 7. The molecule has 7 aromatic carbocycles. The maximum Gasteiger partial charge on any atom is 0.307 e. The Labute approximate surface area is 273 Å². The van der Waals surface area contributed by atoms with Gasteiger partial charge in [-0.3, -0.25) is 4.57 Å². The lowest BCUT2D eigenvalue weighted by Gasteiger charge is -2.09. The van der Waals surface area contributed by atoms with Crippen molar-refractivity contribution < 1.29 is 8.83 Å². The minimum Gasteiger partial charge on any atom is -0.456 e. The van der Waals surface area contributed by atoms with Crippen LogP contribution in [0.2, 0.25) is 0 Å². The zero-order valence-electron chi connectivity index (χ0n) is 25.6. The van der Waals surface area contributed by atoms with E-state index >= 15 is 0 Å². The molecule has 0 aliphatic rings. The second-order valence-electron chi connectivity index (χ2n) is 12.4. The molecule has 0 N–H and O–H groups in total. The van der Waals surface area contributed by atoms with E-state index in [4.69, 9.17) is 13.8 Å². The summed E-state index contributed by atoms with van der Waals surface area (Å²) < 4.78 is 17.0. The summed E-state index contributed by atoms with van der Waals surface area (Å²) in [6, 6.07) is 53.8. The molecule has 0 fully saturated rings. The average Bonchev–Trinajstić information content (AvgIpc) is 3.90. The van der Waals surface area contributed by atoms with Crippen molar-refractivity contribution in [3.63, 3.8) is 0 Å². The first kappa shape index (κ1) is 25.6. The highest BCUT2D eigenvalue weighted by molar-refractivity contribution is 6.17. The van der Waals surface area contributed by atoms with Gasteiger partial charge in [-0.15, -0.1) is 0 Å². The number of nitrogens with zero attached hydrogens (tertiary/aromatic N) is 3. The van der Waals surface area contributed by atoms with Crippen LogP contribution in [0.4, 0.5) is 0 Å². The number of rotatable bonds is 3. The van der Waals surface area contributed by atoms with Crippen LogP contribution < -0.4 is 0 Å². The molecule has 4 heterocycles. The predicted molar refractivity (Wildman–Crippen MR) is 195 cm³/mol. The number of para-hydroxylation sites is 5. The summed E-state index contributed by atoms with van der Waals surface area (Å²) in [6.45, 7) is 0. The molecular weight excluding hydrogens is 590 g/mol. The summed E-state index contributed by atoms with van der Waals surface area (Å²) >= 11 is 0. The van der Waals surface area contributed by atoms with Crippen molar-refractivity contribution in [1.82, 2.24) is 14.1 Å². The second-order valence-corrected chi connectivity index (χ2v) is 12.4. The van der Waals surface area contributed by atoms with Gasteiger partial charge in [0.05, 0.1) is 22.1 Å². The van der Waals surface area contributed by atoms with Crippen LogP contribution in [-0.4, -0.2) is 14.1 Å². The molecule has 224 valence electrons. The van der Waals surface area contributed by atoms with Crippen molar-refractivity contribution in [2.24, 2.45) is 0 Å². The molecule has 0 bridgehead atoms. The first-order chi connectivity index (χ1) is 23.8. The molecule has 0 aliphatic carbocycles. The maximum atomic E-state index is 6.28. The van der Waals surface area contributed by atoms with Gasteiger partial charge in [-0.25, -0.2) is 0 Å². The van der Waals surface area contributed by atoms with Crippen molar-refractivity contribution in [2.75, 3.05) is 0 Å². The third-order valence-corrected chi connectivity index (χ3v) is 9.77. The zero-order valence-corrected chi connectivity index (χ0v) is 25.6. The van der Waals surface area contributed by atoms with E-state index in [1.54, 1.807) is 0 Å². The van der Waals surface area contributed by atoms with Crippen LogP contribution in [0.5, 0.6) is 0 Å². The molecule has 48 heavy (non-hydrogen) atoms. The van der Waals surface area contributed by atoms with Gasteiger partial charge in [0.15, 0.2) is 5.58 Å². The van der Waals surface area contributed by atoms with Crippen molar-refractivity contribution in [1.29, 1.82) is 0 Å². The predicted octanol–water partition coefficient (Wildman–Crippen LogP) is 11.6. The minimum atomic E-state index is 0.572. The van der Waals surface area contributed by atoms with Gasteiger partial charge in [-0.1, -0.05) is 84.9 Å². The van der Waals surface area contributed by atoms with Crippen molar-refractivity contribution in [3.05, 3.63) is 152 Å². The van der Waals surface area contributed by atoms with Crippen molar-refractivity contribution in [3.8, 4) is 22.8 Å². The highest BCUT2D eigenvalue weighted by Crippen LogP contribution is 2.42. The summed E-state index contributed by atoms with van der Waals surface area (Å²) in [5.74, 6) is 0. The Balaban J connectivity index is 1.16. The molecule has 11 aromatic rings. The van der Waals surface area contributed by atoms with Gasteiger partial charge in [0.25, 0.3) is 0 Å². The average molecular weight is 616 g/mol. The third-order valence-electron chi connectivity index (χ3n) is 9.77. The lowest BCUT2D eigenvalue weighted by atomic mass is 9.98. The molecule has 0 atom stereocenters. The summed E-state index contributed by atoms with van der Waals surface area (Å²) in [6.07, 6.45) is 0. The van der Waals surface area contributed by atoms with Gasteiger partial charge >= 0.3 is 6.01 Å². The molecule has 11 rings (SSSR count). The fourth-order valence-corrected chi connectivity index (χ4v) is 7.69. The van der Waals surface area contributed by atoms with E-state index in [9.17, 15) is 0 Å². The molecule has 0 unspecified atom stereocenters. The molecule has 0 saturated carbocycles. The summed E-state index contributed by atoms with van der Waals surface area (Å²) in [5.41, 5.74) is 11.3. The summed E-state index contributed by atoms with van der Waals surface area (Å²) in [5, 5.41) is 7.00. The van der Waals surface area contributed by atoms with Gasteiger partial charge in [0.1, 0.15) is 16.7 Å². The third kappa shape index (κ3) is 3.47. The van der Waals surface area contributed by atoms with Gasteiger partial charge in [0, 0.05) is 38.0 Å². The van der Waals surface area contributed by atoms with Crippen molar-refractivity contribution in [2.45, 2.75) is 0 Å². The highest BCUT2D eigenvalue weighted by atomic mass is 16.4. The van der Waals surface area contributed by atoms with E-state index in [0.29, 0.717) is 6.01 Å². The molecule has 0 saturated heterocycles. The first-order valence-electron chi connectivity index (χ1n) is 16.1. The Hall–Kier alpha value is -6.59. The standard InChI is InChI=1S/C43H25N3O2/c1-5-15-35-29(10-1)32-24-26(20-22-37(32)46(35)43-44-34-14-4-8-19-41(34)48-43)28-13-9-17-38-42(28)31-12-2-6-16-36(31)45(38)27-21-23-40-33(25-27)30-11-3-7-18-39(30)47-40/h1-25H. The normalized spacial score (nSPS) is 12.2. The minimum absolute atomic E-state index is 0.572. The van der Waals surface area contributed by atoms with E-state index in [-0.39, 0.29) is 0 Å². The monoisotopic (exact) mass is 615 g/mol. The number of aromatic nitrogens is 3. The Kier molecular flexibility index (Phi) is 5.05. The molecule has 0 amide bonds. The number of furan rings is 1. The SMILES string of the molecule is c1ccc2oc(-n3c4ccccc4c4cc(-c5cccc6c5c5ccccc5n6-c5ccc6oc7ccccc7c6c5)ccc43)nc2c1. The Morgan fingerprint density at radius 2 is 1.10 bits per heavy atom. The topological polar surface area (TPSA) is 49.0 Å². The molecule has 4 aromatic heterocycles. The largest absolute Gasteiger partial charge is 0.456 e. The fourth-order valence-electron chi connectivity index (χ4n) is 7.69. The molecular formula is C43H25N3O2. The fraction of sp³-hybridized carbons (Fsp3) is 0. The Morgan fingerprint density at radius 1 is 0.417 bits per heavy atom. The Morgan fingerprint density at radius 3 is 1.98 bits per heavy atom. The highest BCUT2D eigenvalue weighted by Gasteiger charge is 2.20. The molecule has 0 spiro atoms. The maximum absolute atomic E-state index is 6.28. The number of hydrogen-bond donors (Lipinski definition) is 0. The van der Waals surface area contributed by atoms with Gasteiger partial charge in [-0.2, -0.15) is 4.98 Å². The van der Waals surface area contributed by atoms with Crippen LogP contribution in [0.1, 0.15) is 0 Å². The Bertz CT molecular complexity index is 3050. The molecule has 0 aliphatic heterocycles. The molecule has 0 radical (unpaired) electrons. The van der Waals surface area contributed by atoms with Crippen LogP contribution in [0, 0.1) is 0 Å². The second kappa shape index (κ2) is 9.47. The van der Waals surface area contributed by atoms with Crippen LogP contribution in [0.3, 0.4) is 0 Å². The van der Waals surface area contributed by atoms with Crippen LogP contribution in [0.25, 0.3) is 99.5 Å². The zero-order chi connectivity index (χ0) is 31.3. The number of hydrogen-bond acceptors (Lipinski definition) is 3. The van der Waals surface area contributed by atoms with Crippen LogP contribution in [0.15, 0.2) is 160 Å². The van der Waals surface area contributed by atoms with Crippen LogP contribution >= 0.6 is 0 Å². The van der Waals surface area contributed by atoms with E-state index in [1.165, 1.54) is 21.9 Å². The summed E-state index contributed by atoms with van der Waals surface area (Å²) in [7, 11) is 0. The lowest BCUT2D eigenvalue weighted by Crippen LogP contribution is -1.94. The number of oxazole rings is 1. The quantitative estimate of drug-likeness (QED) is 0.199. The van der Waals surface area contributed by atoms with E-state index < -0.39 is 0 Å². The van der Waals surface area contributed by atoms with Crippen LogP contribution in [-0.2, 0) is 0 Å². The lowest BCUT2D eigenvalue weighted by molar-refractivity contribution is 0.574. The van der Waals surface area contributed by atoms with E-state index in [0.717, 1.165) is 71.6 Å². The van der Waals surface area contributed by atoms with Gasteiger partial charge in [-0.05, 0) is 77.9 Å². The molecule has 5 nitrogen and oxygen atoms in total. The van der Waals surface area contributed by atoms with E-state index in [2.05, 4.69) is 124 Å². The van der Waals surface area contributed by atoms with Gasteiger partial charge < -0.3 is 13.4 Å². The van der Waals surface area contributed by atoms with Crippen molar-refractivity contribution >= 4 is 76.6 Å².